The second-order valence-electron chi connectivity index (χ2n) is 4.65. The average Bonchev–Trinajstić information content (AvgIpc) is 2.24. The second kappa shape index (κ2) is 6.93. The number of carboxylic acid groups (broad SMARTS) is 1. The second-order valence-corrected chi connectivity index (χ2v) is 4.65. The molecule has 1 N–H and O–H groups in total. The van der Waals surface area contributed by atoms with Crippen LogP contribution in [0.5, 0.6) is 0 Å². The van der Waals surface area contributed by atoms with Gasteiger partial charge in [0, 0.05) is 27.3 Å². The summed E-state index contributed by atoms with van der Waals surface area (Å²) in [5, 5.41) is 8.83. The van der Waals surface area contributed by atoms with Gasteiger partial charge >= 0.3 is 5.97 Å². The van der Waals surface area contributed by atoms with Crippen molar-refractivity contribution in [2.24, 2.45) is 0 Å². The first kappa shape index (κ1) is 14.4. The Balaban J connectivity index is 2.33. The van der Waals surface area contributed by atoms with E-state index >= 15 is 0 Å². The Morgan fingerprint density at radius 3 is 2.47 bits per heavy atom. The lowest BCUT2D eigenvalue weighted by Gasteiger charge is -2.41. The fourth-order valence-corrected chi connectivity index (χ4v) is 2.17. The van der Waals surface area contributed by atoms with Crippen molar-refractivity contribution in [3.05, 3.63) is 0 Å². The molecule has 0 aromatic rings. The largest absolute Gasteiger partial charge is 0.480 e. The van der Waals surface area contributed by atoms with E-state index in [9.17, 15) is 4.79 Å². The van der Waals surface area contributed by atoms with Crippen LogP contribution < -0.4 is 0 Å². The third kappa shape index (κ3) is 4.61. The number of methoxy groups -OCH3 is 2. The Morgan fingerprint density at radius 1 is 1.35 bits per heavy atom. The van der Waals surface area contributed by atoms with E-state index in [1.807, 2.05) is 4.90 Å². The average molecular weight is 245 g/mol. The maximum atomic E-state index is 10.7. The highest BCUT2D eigenvalue weighted by atomic mass is 16.5. The van der Waals surface area contributed by atoms with Crippen LogP contribution in [0.25, 0.3) is 0 Å². The monoisotopic (exact) mass is 245 g/mol. The highest BCUT2D eigenvalue weighted by Crippen LogP contribution is 2.37. The summed E-state index contributed by atoms with van der Waals surface area (Å²) < 4.78 is 10.5. The summed E-state index contributed by atoms with van der Waals surface area (Å²) in [7, 11) is 3.37. The number of hydrogen-bond acceptors (Lipinski definition) is 4. The first-order chi connectivity index (χ1) is 8.12. The molecule has 17 heavy (non-hydrogen) atoms. The summed E-state index contributed by atoms with van der Waals surface area (Å²) in [5.74, 6) is -0.791. The van der Waals surface area contributed by atoms with E-state index in [1.54, 1.807) is 14.2 Å². The van der Waals surface area contributed by atoms with Crippen LogP contribution in [0, 0.1) is 0 Å². The number of nitrogens with zero attached hydrogens (tertiary/aromatic N) is 1. The Hall–Kier alpha value is -0.650. The van der Waals surface area contributed by atoms with E-state index in [1.165, 1.54) is 6.42 Å². The van der Waals surface area contributed by atoms with Crippen LogP contribution in [-0.4, -0.2) is 62.0 Å². The lowest BCUT2D eigenvalue weighted by Crippen LogP contribution is -2.44. The predicted molar refractivity (Wildman–Crippen MR) is 64.2 cm³/mol. The Kier molecular flexibility index (Phi) is 5.88. The van der Waals surface area contributed by atoms with Crippen LogP contribution in [0.15, 0.2) is 0 Å². The van der Waals surface area contributed by atoms with E-state index in [0.29, 0.717) is 13.2 Å². The zero-order valence-corrected chi connectivity index (χ0v) is 10.8. The number of aliphatic carboxylic acids is 1. The molecule has 0 aliphatic heterocycles. The zero-order chi connectivity index (χ0) is 12.7. The van der Waals surface area contributed by atoms with Gasteiger partial charge in [-0.1, -0.05) is 0 Å². The number of hydrogen-bond donors (Lipinski definition) is 1. The summed E-state index contributed by atoms with van der Waals surface area (Å²) >= 11 is 0. The SMILES string of the molecule is COCCN(CCC1(OC)CCC1)CC(=O)O. The molecule has 1 aliphatic rings. The first-order valence-electron chi connectivity index (χ1n) is 6.10. The van der Waals surface area contributed by atoms with Gasteiger partial charge in [-0.15, -0.1) is 0 Å². The Labute approximate surface area is 103 Å². The molecule has 0 radical (unpaired) electrons. The van der Waals surface area contributed by atoms with Crippen molar-refractivity contribution < 1.29 is 19.4 Å². The fourth-order valence-electron chi connectivity index (χ4n) is 2.17. The summed E-state index contributed by atoms with van der Waals surface area (Å²) in [4.78, 5) is 12.6. The van der Waals surface area contributed by atoms with Crippen LogP contribution in [0.4, 0.5) is 0 Å². The molecule has 1 fully saturated rings. The lowest BCUT2D eigenvalue weighted by molar-refractivity contribution is -0.139. The molecule has 0 saturated heterocycles. The number of carbonyl (C=O) groups is 1. The zero-order valence-electron chi connectivity index (χ0n) is 10.8. The number of carboxylic acids is 1. The van der Waals surface area contributed by atoms with Crippen LogP contribution in [-0.2, 0) is 14.3 Å². The molecule has 1 aliphatic carbocycles. The van der Waals surface area contributed by atoms with E-state index in [4.69, 9.17) is 14.6 Å². The standard InChI is InChI=1S/C12H23NO4/c1-16-9-8-13(10-11(14)15)7-6-12(17-2)4-3-5-12/h3-10H2,1-2H3,(H,14,15). The molecule has 0 unspecified atom stereocenters. The maximum absolute atomic E-state index is 10.7. The van der Waals surface area contributed by atoms with Gasteiger partial charge in [0.1, 0.15) is 0 Å². The lowest BCUT2D eigenvalue weighted by atomic mass is 9.77. The van der Waals surface area contributed by atoms with Crippen LogP contribution in [0.3, 0.4) is 0 Å². The van der Waals surface area contributed by atoms with Gasteiger partial charge in [0.15, 0.2) is 0 Å². The molecule has 1 rings (SSSR count). The molecular weight excluding hydrogens is 222 g/mol. The van der Waals surface area contributed by atoms with Gasteiger partial charge in [-0.05, 0) is 25.7 Å². The first-order valence-corrected chi connectivity index (χ1v) is 6.10. The van der Waals surface area contributed by atoms with Gasteiger partial charge in [-0.2, -0.15) is 0 Å². The van der Waals surface area contributed by atoms with Gasteiger partial charge in [0.2, 0.25) is 0 Å². The van der Waals surface area contributed by atoms with Crippen molar-refractivity contribution >= 4 is 5.97 Å². The van der Waals surface area contributed by atoms with Gasteiger partial charge < -0.3 is 14.6 Å². The van der Waals surface area contributed by atoms with E-state index in [-0.39, 0.29) is 12.1 Å². The summed E-state index contributed by atoms with van der Waals surface area (Å²) in [5.41, 5.74) is 0.00379. The molecule has 0 aromatic heterocycles. The molecule has 0 bridgehead atoms. The summed E-state index contributed by atoms with van der Waals surface area (Å²) in [6.07, 6.45) is 4.30. The molecule has 0 atom stereocenters. The molecular formula is C12H23NO4. The van der Waals surface area contributed by atoms with Crippen molar-refractivity contribution in [1.82, 2.24) is 4.90 Å². The van der Waals surface area contributed by atoms with Gasteiger partial charge in [-0.3, -0.25) is 9.69 Å². The van der Waals surface area contributed by atoms with E-state index in [2.05, 4.69) is 0 Å². The molecule has 5 nitrogen and oxygen atoms in total. The third-order valence-corrected chi connectivity index (χ3v) is 3.55. The highest BCUT2D eigenvalue weighted by Gasteiger charge is 2.36. The highest BCUT2D eigenvalue weighted by molar-refractivity contribution is 5.69. The van der Waals surface area contributed by atoms with Crippen LogP contribution >= 0.6 is 0 Å². The van der Waals surface area contributed by atoms with Crippen molar-refractivity contribution in [1.29, 1.82) is 0 Å². The Morgan fingerprint density at radius 2 is 2.06 bits per heavy atom. The quantitative estimate of drug-likeness (QED) is 0.656. The molecule has 0 heterocycles. The van der Waals surface area contributed by atoms with Gasteiger partial charge in [0.25, 0.3) is 0 Å². The normalized spacial score (nSPS) is 18.1. The topological polar surface area (TPSA) is 59.0 Å². The van der Waals surface area contributed by atoms with Crippen molar-refractivity contribution in [2.75, 3.05) is 40.5 Å². The van der Waals surface area contributed by atoms with Gasteiger partial charge in [-0.25, -0.2) is 0 Å². The predicted octanol–water partition coefficient (Wildman–Crippen LogP) is 0.979. The van der Waals surface area contributed by atoms with Crippen LogP contribution in [0.2, 0.25) is 0 Å². The summed E-state index contributed by atoms with van der Waals surface area (Å²) in [6, 6.07) is 0. The Bertz CT molecular complexity index is 235. The smallest absolute Gasteiger partial charge is 0.317 e. The van der Waals surface area contributed by atoms with E-state index in [0.717, 1.165) is 25.8 Å². The minimum atomic E-state index is -0.791. The van der Waals surface area contributed by atoms with Crippen molar-refractivity contribution in [3.63, 3.8) is 0 Å². The van der Waals surface area contributed by atoms with Crippen LogP contribution in [0.1, 0.15) is 25.7 Å². The molecule has 0 amide bonds. The number of ether oxygens (including phenoxy) is 2. The number of rotatable bonds is 9. The minimum Gasteiger partial charge on any atom is -0.480 e. The minimum absolute atomic E-state index is 0.00379. The maximum Gasteiger partial charge on any atom is 0.317 e. The van der Waals surface area contributed by atoms with Crippen molar-refractivity contribution in [2.45, 2.75) is 31.3 Å². The summed E-state index contributed by atoms with van der Waals surface area (Å²) in [6.45, 7) is 2.04. The van der Waals surface area contributed by atoms with E-state index < -0.39 is 5.97 Å². The fraction of sp³-hybridized carbons (Fsp3) is 0.917. The van der Waals surface area contributed by atoms with Gasteiger partial charge in [0.05, 0.1) is 18.8 Å². The van der Waals surface area contributed by atoms with Crippen molar-refractivity contribution in [3.8, 4) is 0 Å². The molecule has 1 saturated carbocycles. The molecule has 0 aromatic carbocycles. The molecule has 100 valence electrons. The third-order valence-electron chi connectivity index (χ3n) is 3.55. The molecule has 0 spiro atoms. The molecule has 5 heteroatoms.